The van der Waals surface area contributed by atoms with Crippen molar-refractivity contribution in [2.75, 3.05) is 42.7 Å². The van der Waals surface area contributed by atoms with Gasteiger partial charge in [-0.1, -0.05) is 24.3 Å². The molecule has 0 bridgehead atoms. The van der Waals surface area contributed by atoms with Crippen molar-refractivity contribution in [3.63, 3.8) is 0 Å². The summed E-state index contributed by atoms with van der Waals surface area (Å²) >= 11 is 0. The van der Waals surface area contributed by atoms with Gasteiger partial charge in [-0.05, 0) is 47.9 Å². The molecule has 0 atom stereocenters. The molecular weight excluding hydrogens is 470 g/mol. The SMILES string of the molecule is COc1cc(-c2cc(-c3cc(OC)c(OC)c(OC)c3)n3c2-c2ccccc2CC3)cc(OC)c1OC. The molecule has 0 spiro atoms. The first kappa shape index (κ1) is 24.4. The summed E-state index contributed by atoms with van der Waals surface area (Å²) in [6.45, 7) is 0.836. The zero-order valence-electron chi connectivity index (χ0n) is 22.0. The number of ether oxygens (including phenoxy) is 6. The molecule has 1 aromatic heterocycles. The molecule has 192 valence electrons. The topological polar surface area (TPSA) is 60.3 Å². The third-order valence-corrected chi connectivity index (χ3v) is 6.91. The normalized spacial score (nSPS) is 11.8. The van der Waals surface area contributed by atoms with Crippen molar-refractivity contribution in [2.45, 2.75) is 13.0 Å². The van der Waals surface area contributed by atoms with Crippen LogP contribution in [-0.4, -0.2) is 47.2 Å². The molecule has 5 rings (SSSR count). The zero-order valence-corrected chi connectivity index (χ0v) is 22.0. The van der Waals surface area contributed by atoms with E-state index < -0.39 is 0 Å². The summed E-state index contributed by atoms with van der Waals surface area (Å²) in [5.74, 6) is 3.56. The molecular formula is C30H31NO6. The minimum atomic E-state index is 0.562. The molecule has 1 aliphatic rings. The first-order valence-corrected chi connectivity index (χ1v) is 12.0. The Bertz CT molecular complexity index is 1400. The van der Waals surface area contributed by atoms with Crippen molar-refractivity contribution in [1.82, 2.24) is 4.57 Å². The van der Waals surface area contributed by atoms with E-state index in [1.54, 1.807) is 42.7 Å². The monoisotopic (exact) mass is 501 g/mol. The van der Waals surface area contributed by atoms with Crippen LogP contribution < -0.4 is 28.4 Å². The van der Waals surface area contributed by atoms with Crippen molar-refractivity contribution >= 4 is 0 Å². The predicted molar refractivity (Wildman–Crippen MR) is 144 cm³/mol. The lowest BCUT2D eigenvalue weighted by Crippen LogP contribution is -2.12. The lowest BCUT2D eigenvalue weighted by atomic mass is 9.94. The molecule has 0 N–H and O–H groups in total. The van der Waals surface area contributed by atoms with Crippen LogP contribution in [0.1, 0.15) is 5.56 Å². The summed E-state index contributed by atoms with van der Waals surface area (Å²) in [4.78, 5) is 0. The summed E-state index contributed by atoms with van der Waals surface area (Å²) < 4.78 is 36.2. The average Bonchev–Trinajstić information content (AvgIpc) is 3.35. The van der Waals surface area contributed by atoms with Crippen LogP contribution in [-0.2, 0) is 13.0 Å². The van der Waals surface area contributed by atoms with Crippen molar-refractivity contribution in [3.05, 3.63) is 60.2 Å². The number of hydrogen-bond donors (Lipinski definition) is 0. The quantitative estimate of drug-likeness (QED) is 0.291. The largest absolute Gasteiger partial charge is 0.493 e. The number of benzene rings is 3. The standard InChI is InChI=1S/C30H31NO6/c1-32-24-13-19(14-25(33-2)29(24)36-5)22-17-23(20-15-26(34-3)30(37-6)27(16-20)35-4)31-12-11-18-9-7-8-10-21(18)28(22)31/h7-10,13-17H,11-12H2,1-6H3. The Morgan fingerprint density at radius 2 is 1.08 bits per heavy atom. The van der Waals surface area contributed by atoms with Crippen molar-refractivity contribution < 1.29 is 28.4 Å². The highest BCUT2D eigenvalue weighted by Gasteiger charge is 2.27. The third-order valence-electron chi connectivity index (χ3n) is 6.91. The maximum Gasteiger partial charge on any atom is 0.203 e. The molecule has 4 aromatic rings. The zero-order chi connectivity index (χ0) is 26.1. The maximum atomic E-state index is 5.67. The Hall–Kier alpha value is -4.26. The van der Waals surface area contributed by atoms with Gasteiger partial charge in [0.05, 0.1) is 48.4 Å². The smallest absolute Gasteiger partial charge is 0.203 e. The Balaban J connectivity index is 1.81. The molecule has 1 aliphatic heterocycles. The second kappa shape index (κ2) is 10.0. The lowest BCUT2D eigenvalue weighted by molar-refractivity contribution is 0.324. The molecule has 0 saturated heterocycles. The molecule has 0 aliphatic carbocycles. The van der Waals surface area contributed by atoms with Crippen LogP contribution in [0.3, 0.4) is 0 Å². The van der Waals surface area contributed by atoms with Gasteiger partial charge in [-0.15, -0.1) is 0 Å². The van der Waals surface area contributed by atoms with Crippen molar-refractivity contribution in [2.24, 2.45) is 0 Å². The number of hydrogen-bond acceptors (Lipinski definition) is 6. The van der Waals surface area contributed by atoms with Crippen LogP contribution in [0.5, 0.6) is 34.5 Å². The molecule has 3 aromatic carbocycles. The fourth-order valence-corrected chi connectivity index (χ4v) is 5.20. The van der Waals surface area contributed by atoms with Crippen LogP contribution in [0.15, 0.2) is 54.6 Å². The van der Waals surface area contributed by atoms with E-state index in [-0.39, 0.29) is 0 Å². The summed E-state index contributed by atoms with van der Waals surface area (Å²) in [7, 11) is 9.75. The maximum absolute atomic E-state index is 5.67. The van der Waals surface area contributed by atoms with Crippen molar-refractivity contribution in [1.29, 1.82) is 0 Å². The summed E-state index contributed by atoms with van der Waals surface area (Å²) in [6, 6.07) is 18.7. The van der Waals surface area contributed by atoms with Gasteiger partial charge in [-0.25, -0.2) is 0 Å². The van der Waals surface area contributed by atoms with E-state index in [0.29, 0.717) is 34.5 Å². The fraction of sp³-hybridized carbons (Fsp3) is 0.267. The van der Waals surface area contributed by atoms with Crippen LogP contribution >= 0.6 is 0 Å². The molecule has 37 heavy (non-hydrogen) atoms. The first-order chi connectivity index (χ1) is 18.1. The molecule has 7 heteroatoms. The minimum Gasteiger partial charge on any atom is -0.493 e. The van der Waals surface area contributed by atoms with Gasteiger partial charge in [0.1, 0.15) is 0 Å². The number of aryl methyl sites for hydroxylation is 1. The van der Waals surface area contributed by atoms with Gasteiger partial charge in [0, 0.05) is 28.9 Å². The summed E-state index contributed by atoms with van der Waals surface area (Å²) in [5.41, 5.74) is 7.71. The van der Waals surface area contributed by atoms with E-state index >= 15 is 0 Å². The van der Waals surface area contributed by atoms with Crippen LogP contribution in [0.4, 0.5) is 0 Å². The van der Waals surface area contributed by atoms with Gasteiger partial charge in [0.2, 0.25) is 11.5 Å². The number of rotatable bonds is 8. The minimum absolute atomic E-state index is 0.562. The van der Waals surface area contributed by atoms with Crippen LogP contribution in [0.25, 0.3) is 33.6 Å². The molecule has 2 heterocycles. The summed E-state index contributed by atoms with van der Waals surface area (Å²) in [5, 5.41) is 0. The van der Waals surface area contributed by atoms with Gasteiger partial charge in [0.25, 0.3) is 0 Å². The van der Waals surface area contributed by atoms with Gasteiger partial charge < -0.3 is 33.0 Å². The molecule has 0 saturated carbocycles. The average molecular weight is 502 g/mol. The van der Waals surface area contributed by atoms with E-state index in [4.69, 9.17) is 28.4 Å². The van der Waals surface area contributed by atoms with Gasteiger partial charge in [-0.3, -0.25) is 0 Å². The van der Waals surface area contributed by atoms with E-state index in [1.807, 2.05) is 24.3 Å². The Morgan fingerprint density at radius 3 is 1.59 bits per heavy atom. The molecule has 0 radical (unpaired) electrons. The second-order valence-electron chi connectivity index (χ2n) is 8.68. The van der Waals surface area contributed by atoms with Crippen LogP contribution in [0, 0.1) is 0 Å². The van der Waals surface area contributed by atoms with Gasteiger partial charge >= 0.3 is 0 Å². The highest BCUT2D eigenvalue weighted by molar-refractivity contribution is 5.90. The highest BCUT2D eigenvalue weighted by atomic mass is 16.5. The van der Waals surface area contributed by atoms with E-state index in [2.05, 4.69) is 34.9 Å². The fourth-order valence-electron chi connectivity index (χ4n) is 5.20. The molecule has 0 amide bonds. The van der Waals surface area contributed by atoms with E-state index in [0.717, 1.165) is 41.0 Å². The number of aromatic nitrogens is 1. The Morgan fingerprint density at radius 1 is 0.568 bits per heavy atom. The number of methoxy groups -OCH3 is 6. The molecule has 7 nitrogen and oxygen atoms in total. The lowest BCUT2D eigenvalue weighted by Gasteiger charge is -2.23. The van der Waals surface area contributed by atoms with E-state index in [1.165, 1.54) is 11.1 Å². The van der Waals surface area contributed by atoms with E-state index in [9.17, 15) is 0 Å². The predicted octanol–water partition coefficient (Wildman–Crippen LogP) is 6.10. The summed E-state index contributed by atoms with van der Waals surface area (Å²) in [6.07, 6.45) is 0.934. The second-order valence-corrected chi connectivity index (χ2v) is 8.68. The highest BCUT2D eigenvalue weighted by Crippen LogP contribution is 2.49. The third kappa shape index (κ3) is 4.00. The van der Waals surface area contributed by atoms with Crippen LogP contribution in [0.2, 0.25) is 0 Å². The van der Waals surface area contributed by atoms with Gasteiger partial charge in [0.15, 0.2) is 23.0 Å². The number of nitrogens with zero attached hydrogens (tertiary/aromatic N) is 1. The van der Waals surface area contributed by atoms with Gasteiger partial charge in [-0.2, -0.15) is 0 Å². The van der Waals surface area contributed by atoms with Crippen molar-refractivity contribution in [3.8, 4) is 68.1 Å². The molecule has 0 unspecified atom stereocenters. The first-order valence-electron chi connectivity index (χ1n) is 12.0. The Kier molecular flexibility index (Phi) is 6.61. The number of fused-ring (bicyclic) bond motifs is 3. The molecule has 0 fully saturated rings. The Labute approximate surface area is 217 Å².